The summed E-state index contributed by atoms with van der Waals surface area (Å²) in [6.07, 6.45) is 1.79. The molecule has 0 aliphatic rings. The Morgan fingerprint density at radius 3 is 1.54 bits per heavy atom. The molecule has 0 bridgehead atoms. The zero-order valence-corrected chi connectivity index (χ0v) is 27.0. The minimum atomic E-state index is 0.645. The highest BCUT2D eigenvalue weighted by atomic mass is 14.9. The van der Waals surface area contributed by atoms with E-state index in [9.17, 15) is 0 Å². The number of hydrogen-bond acceptors (Lipinski definition) is 5. The standard InChI is InChI=1S/C45H29N5/c1-4-12-31(13-5-1)38-26-24-34-23-25-36-37(28-40(32-14-6-2-7-15-32)48-44(36)43(34)47-38)30-19-21-35(22-20-30)45-49-41(33-16-8-3-9-17-33)29-42(50-45)39-18-10-11-27-46-39/h1-29H. The van der Waals surface area contributed by atoms with Crippen LogP contribution in [0.2, 0.25) is 0 Å². The molecule has 0 unspecified atom stereocenters. The van der Waals surface area contributed by atoms with Gasteiger partial charge in [-0.15, -0.1) is 0 Å². The molecule has 0 fully saturated rings. The Balaban J connectivity index is 1.20. The van der Waals surface area contributed by atoms with Gasteiger partial charge in [0.15, 0.2) is 5.82 Å². The molecule has 0 amide bonds. The maximum atomic E-state index is 5.25. The second-order valence-electron chi connectivity index (χ2n) is 12.1. The van der Waals surface area contributed by atoms with Crippen molar-refractivity contribution in [3.05, 3.63) is 176 Å². The van der Waals surface area contributed by atoms with Crippen molar-refractivity contribution in [2.45, 2.75) is 0 Å². The number of aromatic nitrogens is 5. The van der Waals surface area contributed by atoms with Crippen molar-refractivity contribution < 1.29 is 0 Å². The van der Waals surface area contributed by atoms with Crippen LogP contribution < -0.4 is 0 Å². The monoisotopic (exact) mass is 639 g/mol. The van der Waals surface area contributed by atoms with Crippen LogP contribution in [-0.4, -0.2) is 24.9 Å². The quantitative estimate of drug-likeness (QED) is 0.169. The topological polar surface area (TPSA) is 64.5 Å². The summed E-state index contributed by atoms with van der Waals surface area (Å²) in [4.78, 5) is 25.0. The molecule has 9 aromatic rings. The first-order valence-electron chi connectivity index (χ1n) is 16.6. The Morgan fingerprint density at radius 2 is 0.880 bits per heavy atom. The minimum Gasteiger partial charge on any atom is -0.255 e. The molecule has 0 spiro atoms. The van der Waals surface area contributed by atoms with Gasteiger partial charge in [-0.05, 0) is 41.5 Å². The Kier molecular flexibility index (Phi) is 7.41. The molecule has 9 rings (SSSR count). The van der Waals surface area contributed by atoms with Gasteiger partial charge >= 0.3 is 0 Å². The molecule has 0 N–H and O–H groups in total. The van der Waals surface area contributed by atoms with Crippen molar-refractivity contribution in [1.82, 2.24) is 24.9 Å². The summed E-state index contributed by atoms with van der Waals surface area (Å²) >= 11 is 0. The van der Waals surface area contributed by atoms with Crippen LogP contribution in [0.25, 0.3) is 89.5 Å². The largest absolute Gasteiger partial charge is 0.255 e. The lowest BCUT2D eigenvalue weighted by Crippen LogP contribution is -1.97. The van der Waals surface area contributed by atoms with Crippen molar-refractivity contribution in [3.63, 3.8) is 0 Å². The Hall–Kier alpha value is -6.85. The second-order valence-corrected chi connectivity index (χ2v) is 12.1. The van der Waals surface area contributed by atoms with Crippen molar-refractivity contribution in [1.29, 1.82) is 0 Å². The molecular formula is C45H29N5. The summed E-state index contributed by atoms with van der Waals surface area (Å²) < 4.78 is 0. The molecule has 0 saturated carbocycles. The van der Waals surface area contributed by atoms with E-state index in [1.54, 1.807) is 6.20 Å². The van der Waals surface area contributed by atoms with Crippen molar-refractivity contribution in [2.24, 2.45) is 0 Å². The van der Waals surface area contributed by atoms with Crippen LogP contribution in [0.4, 0.5) is 0 Å². The predicted molar refractivity (Wildman–Crippen MR) is 203 cm³/mol. The van der Waals surface area contributed by atoms with E-state index >= 15 is 0 Å². The summed E-state index contributed by atoms with van der Waals surface area (Å²) in [5, 5.41) is 2.10. The van der Waals surface area contributed by atoms with E-state index < -0.39 is 0 Å². The van der Waals surface area contributed by atoms with Crippen LogP contribution in [0.1, 0.15) is 0 Å². The maximum absolute atomic E-state index is 5.25. The normalized spacial score (nSPS) is 11.2. The van der Waals surface area contributed by atoms with Crippen LogP contribution in [-0.2, 0) is 0 Å². The van der Waals surface area contributed by atoms with Crippen molar-refractivity contribution >= 4 is 21.8 Å². The summed E-state index contributed by atoms with van der Waals surface area (Å²) in [6, 6.07) is 57.9. The van der Waals surface area contributed by atoms with Crippen molar-refractivity contribution in [2.75, 3.05) is 0 Å². The van der Waals surface area contributed by atoms with Gasteiger partial charge in [-0.2, -0.15) is 0 Å². The third-order valence-corrected chi connectivity index (χ3v) is 8.96. The lowest BCUT2D eigenvalue weighted by Gasteiger charge is -2.13. The van der Waals surface area contributed by atoms with E-state index in [0.29, 0.717) is 5.82 Å². The molecule has 5 aromatic carbocycles. The summed E-state index contributed by atoms with van der Waals surface area (Å²) in [5.41, 5.74) is 12.2. The van der Waals surface area contributed by atoms with Crippen LogP contribution >= 0.6 is 0 Å². The van der Waals surface area contributed by atoms with Gasteiger partial charge in [-0.1, -0.05) is 140 Å². The highest BCUT2D eigenvalue weighted by Crippen LogP contribution is 2.37. The highest BCUT2D eigenvalue weighted by Gasteiger charge is 2.16. The average Bonchev–Trinajstić information content (AvgIpc) is 3.21. The first-order chi connectivity index (χ1) is 24.8. The summed E-state index contributed by atoms with van der Waals surface area (Å²) in [5.74, 6) is 0.645. The number of rotatable bonds is 6. The van der Waals surface area contributed by atoms with E-state index in [-0.39, 0.29) is 0 Å². The first-order valence-corrected chi connectivity index (χ1v) is 16.6. The number of nitrogens with zero attached hydrogens (tertiary/aromatic N) is 5. The van der Waals surface area contributed by atoms with Crippen molar-refractivity contribution in [3.8, 4) is 67.7 Å². The van der Waals surface area contributed by atoms with E-state index in [0.717, 1.165) is 83.7 Å². The SMILES string of the molecule is c1ccc(-c2cc(-c3ccccn3)nc(-c3ccc(-c4cc(-c5ccccc5)nc5c4ccc4ccc(-c6ccccc6)nc45)cc3)n2)cc1. The van der Waals surface area contributed by atoms with Gasteiger partial charge in [0.2, 0.25) is 0 Å². The first kappa shape index (κ1) is 29.3. The molecule has 4 aromatic heterocycles. The van der Waals surface area contributed by atoms with Crippen LogP contribution in [0.5, 0.6) is 0 Å². The Labute approximate surface area is 289 Å². The van der Waals surface area contributed by atoms with Gasteiger partial charge in [-0.3, -0.25) is 4.98 Å². The fourth-order valence-corrected chi connectivity index (χ4v) is 6.41. The number of benzene rings is 5. The van der Waals surface area contributed by atoms with Gasteiger partial charge in [0, 0.05) is 39.2 Å². The number of fused-ring (bicyclic) bond motifs is 3. The molecule has 0 atom stereocenters. The molecule has 0 radical (unpaired) electrons. The average molecular weight is 640 g/mol. The molecular weight excluding hydrogens is 611 g/mol. The zero-order chi connectivity index (χ0) is 33.3. The molecule has 0 saturated heterocycles. The third-order valence-electron chi connectivity index (χ3n) is 8.96. The molecule has 4 heterocycles. The Morgan fingerprint density at radius 1 is 0.320 bits per heavy atom. The molecule has 50 heavy (non-hydrogen) atoms. The molecule has 5 heteroatoms. The fraction of sp³-hybridized carbons (Fsp3) is 0. The molecule has 0 aliphatic carbocycles. The molecule has 5 nitrogen and oxygen atoms in total. The van der Waals surface area contributed by atoms with Gasteiger partial charge in [0.1, 0.15) is 0 Å². The molecule has 0 aliphatic heterocycles. The van der Waals surface area contributed by atoms with E-state index in [2.05, 4.69) is 96.0 Å². The smallest absolute Gasteiger partial charge is 0.160 e. The van der Waals surface area contributed by atoms with Crippen LogP contribution in [0.15, 0.2) is 176 Å². The van der Waals surface area contributed by atoms with Crippen LogP contribution in [0.3, 0.4) is 0 Å². The second kappa shape index (κ2) is 12.6. The highest BCUT2D eigenvalue weighted by molar-refractivity contribution is 6.09. The third kappa shape index (κ3) is 5.57. The number of pyridine rings is 3. The fourth-order valence-electron chi connectivity index (χ4n) is 6.41. The van der Waals surface area contributed by atoms with Gasteiger partial charge in [0.05, 0.1) is 39.5 Å². The summed E-state index contributed by atoms with van der Waals surface area (Å²) in [7, 11) is 0. The number of hydrogen-bond donors (Lipinski definition) is 0. The molecule has 234 valence electrons. The van der Waals surface area contributed by atoms with E-state index in [1.165, 1.54) is 0 Å². The summed E-state index contributed by atoms with van der Waals surface area (Å²) in [6.45, 7) is 0. The van der Waals surface area contributed by atoms with E-state index in [4.69, 9.17) is 19.9 Å². The minimum absolute atomic E-state index is 0.645. The Bertz CT molecular complexity index is 2550. The van der Waals surface area contributed by atoms with Gasteiger partial charge < -0.3 is 0 Å². The van der Waals surface area contributed by atoms with Gasteiger partial charge in [-0.25, -0.2) is 19.9 Å². The maximum Gasteiger partial charge on any atom is 0.160 e. The predicted octanol–water partition coefficient (Wildman–Crippen LogP) is 11.0. The lowest BCUT2D eigenvalue weighted by molar-refractivity contribution is 1.16. The lowest BCUT2D eigenvalue weighted by atomic mass is 9.96. The van der Waals surface area contributed by atoms with E-state index in [1.807, 2.05) is 78.9 Å². The zero-order valence-electron chi connectivity index (χ0n) is 27.0. The van der Waals surface area contributed by atoms with Crippen LogP contribution in [0, 0.1) is 0 Å². The van der Waals surface area contributed by atoms with Gasteiger partial charge in [0.25, 0.3) is 0 Å².